The average Bonchev–Trinajstić information content (AvgIpc) is 2.99. The summed E-state index contributed by atoms with van der Waals surface area (Å²) in [5, 5.41) is 0.887. The number of nitrogens with zero attached hydrogens (tertiary/aromatic N) is 1. The van der Waals surface area contributed by atoms with Gasteiger partial charge in [0.25, 0.3) is 5.56 Å². The number of para-hydroxylation sites is 1. The SMILES string of the molecule is C[C@H]1C[C@H]1c1ccc(/C=c2\s/c(=C/c3nc4ccccc4s3)[nH]c2=O)o1. The Labute approximate surface area is 157 Å². The van der Waals surface area contributed by atoms with Gasteiger partial charge in [0.1, 0.15) is 16.5 Å². The molecule has 1 N–H and O–H groups in total. The Morgan fingerprint density at radius 2 is 2.04 bits per heavy atom. The van der Waals surface area contributed by atoms with Crippen LogP contribution in [0, 0.1) is 5.92 Å². The molecular formula is C20H16N2O2S2. The van der Waals surface area contributed by atoms with Crippen LogP contribution in [0.15, 0.2) is 45.6 Å². The van der Waals surface area contributed by atoms with Gasteiger partial charge in [0.2, 0.25) is 0 Å². The molecule has 1 aliphatic rings. The van der Waals surface area contributed by atoms with Crippen LogP contribution < -0.4 is 14.8 Å². The first-order valence-corrected chi connectivity index (χ1v) is 10.2. The molecule has 6 heteroatoms. The molecule has 0 bridgehead atoms. The Balaban J connectivity index is 1.51. The molecule has 4 aromatic rings. The number of rotatable bonds is 3. The van der Waals surface area contributed by atoms with Crippen molar-refractivity contribution in [1.29, 1.82) is 0 Å². The number of H-pyrrole nitrogens is 1. The fraction of sp³-hybridized carbons (Fsp3) is 0.200. The number of hydrogen-bond acceptors (Lipinski definition) is 5. The third kappa shape index (κ3) is 2.95. The van der Waals surface area contributed by atoms with Crippen LogP contribution in [0.2, 0.25) is 0 Å². The standard InChI is InChI=1S/C20H16N2O2S2/c1-11-8-13(11)15-7-6-12(24-15)9-17-20(23)22-19(26-17)10-18-21-14-4-2-3-5-16(14)25-18/h2-7,9-11,13H,8H2,1H3,(H,22,23)/b17-9-,19-10+/t11-,13+/m0/s1. The maximum Gasteiger partial charge on any atom is 0.266 e. The summed E-state index contributed by atoms with van der Waals surface area (Å²) in [5.74, 6) is 3.01. The first-order chi connectivity index (χ1) is 12.7. The van der Waals surface area contributed by atoms with Crippen LogP contribution in [0.3, 0.4) is 0 Å². The van der Waals surface area contributed by atoms with Gasteiger partial charge in [-0.25, -0.2) is 4.98 Å². The van der Waals surface area contributed by atoms with Gasteiger partial charge in [-0.3, -0.25) is 4.79 Å². The summed E-state index contributed by atoms with van der Waals surface area (Å²) in [6.45, 7) is 2.23. The zero-order chi connectivity index (χ0) is 17.7. The van der Waals surface area contributed by atoms with E-state index in [-0.39, 0.29) is 5.56 Å². The lowest BCUT2D eigenvalue weighted by Crippen LogP contribution is -2.19. The molecule has 0 spiro atoms. The number of fused-ring (bicyclic) bond motifs is 1. The molecule has 0 aliphatic heterocycles. The molecule has 130 valence electrons. The molecule has 1 aliphatic carbocycles. The van der Waals surface area contributed by atoms with E-state index < -0.39 is 0 Å². The quantitative estimate of drug-likeness (QED) is 0.592. The van der Waals surface area contributed by atoms with Crippen molar-refractivity contribution in [3.8, 4) is 0 Å². The monoisotopic (exact) mass is 380 g/mol. The molecule has 3 aromatic heterocycles. The van der Waals surface area contributed by atoms with Crippen molar-refractivity contribution in [2.45, 2.75) is 19.3 Å². The highest BCUT2D eigenvalue weighted by molar-refractivity contribution is 7.19. The zero-order valence-electron chi connectivity index (χ0n) is 14.1. The Hall–Kier alpha value is -2.44. The fourth-order valence-electron chi connectivity index (χ4n) is 3.08. The highest BCUT2D eigenvalue weighted by atomic mass is 32.1. The van der Waals surface area contributed by atoms with Crippen molar-refractivity contribution in [2.75, 3.05) is 0 Å². The maximum absolute atomic E-state index is 12.3. The maximum atomic E-state index is 12.3. The van der Waals surface area contributed by atoms with E-state index in [1.165, 1.54) is 17.8 Å². The van der Waals surface area contributed by atoms with Crippen molar-refractivity contribution >= 4 is 45.0 Å². The summed E-state index contributed by atoms with van der Waals surface area (Å²) in [4.78, 5) is 19.8. The molecule has 1 saturated carbocycles. The van der Waals surface area contributed by atoms with Gasteiger partial charge in [-0.15, -0.1) is 22.7 Å². The Morgan fingerprint density at radius 3 is 2.85 bits per heavy atom. The minimum Gasteiger partial charge on any atom is -0.461 e. The van der Waals surface area contributed by atoms with E-state index in [0.717, 1.165) is 31.4 Å². The minimum absolute atomic E-state index is 0.0971. The first-order valence-electron chi connectivity index (χ1n) is 8.53. The number of hydrogen-bond donors (Lipinski definition) is 1. The lowest BCUT2D eigenvalue weighted by molar-refractivity contribution is 0.497. The van der Waals surface area contributed by atoms with Crippen molar-refractivity contribution < 1.29 is 4.42 Å². The second kappa shape index (κ2) is 6.07. The van der Waals surface area contributed by atoms with Crippen molar-refractivity contribution in [1.82, 2.24) is 9.97 Å². The molecule has 1 aromatic carbocycles. The minimum atomic E-state index is -0.0971. The molecule has 1 fully saturated rings. The molecule has 2 atom stereocenters. The van der Waals surface area contributed by atoms with Crippen LogP contribution in [0.1, 0.15) is 35.8 Å². The molecule has 4 nitrogen and oxygen atoms in total. The number of aromatic nitrogens is 2. The summed E-state index contributed by atoms with van der Waals surface area (Å²) < 4.78 is 8.46. The molecule has 26 heavy (non-hydrogen) atoms. The predicted octanol–water partition coefficient (Wildman–Crippen LogP) is 3.42. The van der Waals surface area contributed by atoms with Crippen LogP contribution in [0.4, 0.5) is 0 Å². The van der Waals surface area contributed by atoms with Gasteiger partial charge in [-0.05, 0) is 36.6 Å². The Bertz CT molecular complexity index is 1240. The lowest BCUT2D eigenvalue weighted by atomic mass is 10.3. The third-order valence-corrected chi connectivity index (χ3v) is 6.59. The van der Waals surface area contributed by atoms with E-state index in [1.807, 2.05) is 42.5 Å². The summed E-state index contributed by atoms with van der Waals surface area (Å²) in [6.07, 6.45) is 4.93. The zero-order valence-corrected chi connectivity index (χ0v) is 15.7. The normalized spacial score (nSPS) is 21.0. The molecule has 5 rings (SSSR count). The van der Waals surface area contributed by atoms with Crippen molar-refractivity contribution in [3.05, 3.63) is 72.5 Å². The van der Waals surface area contributed by atoms with Crippen LogP contribution in [0.5, 0.6) is 0 Å². The average molecular weight is 380 g/mol. The molecule has 3 heterocycles. The summed E-state index contributed by atoms with van der Waals surface area (Å²) in [7, 11) is 0. The van der Waals surface area contributed by atoms with Crippen molar-refractivity contribution in [2.24, 2.45) is 5.92 Å². The van der Waals surface area contributed by atoms with Crippen LogP contribution in [0.25, 0.3) is 22.4 Å². The smallest absolute Gasteiger partial charge is 0.266 e. The highest BCUT2D eigenvalue weighted by Gasteiger charge is 2.36. The Morgan fingerprint density at radius 1 is 1.19 bits per heavy atom. The van der Waals surface area contributed by atoms with Gasteiger partial charge in [-0.1, -0.05) is 19.1 Å². The van der Waals surface area contributed by atoms with E-state index in [1.54, 1.807) is 11.3 Å². The van der Waals surface area contributed by atoms with E-state index in [9.17, 15) is 4.79 Å². The molecule has 0 amide bonds. The number of thiazole rings is 2. The molecular weight excluding hydrogens is 364 g/mol. The van der Waals surface area contributed by atoms with E-state index >= 15 is 0 Å². The summed E-state index contributed by atoms with van der Waals surface area (Å²) in [6, 6.07) is 12.0. The third-order valence-electron chi connectivity index (χ3n) is 4.64. The summed E-state index contributed by atoms with van der Waals surface area (Å²) in [5.41, 5.74) is 0.881. The van der Waals surface area contributed by atoms with E-state index in [2.05, 4.69) is 23.0 Å². The van der Waals surface area contributed by atoms with Crippen LogP contribution >= 0.6 is 22.7 Å². The Kier molecular flexibility index (Phi) is 3.69. The predicted molar refractivity (Wildman–Crippen MR) is 106 cm³/mol. The second-order valence-corrected chi connectivity index (χ2v) is 8.80. The number of furan rings is 1. The lowest BCUT2D eigenvalue weighted by Gasteiger charge is -1.89. The van der Waals surface area contributed by atoms with Crippen molar-refractivity contribution in [3.63, 3.8) is 0 Å². The van der Waals surface area contributed by atoms with Gasteiger partial charge in [-0.2, -0.15) is 0 Å². The van der Waals surface area contributed by atoms with Gasteiger partial charge >= 0.3 is 0 Å². The van der Waals surface area contributed by atoms with Gasteiger partial charge < -0.3 is 9.40 Å². The highest BCUT2D eigenvalue weighted by Crippen LogP contribution is 2.47. The fourth-order valence-corrected chi connectivity index (χ4v) is 4.94. The number of nitrogens with one attached hydrogen (secondary N) is 1. The topological polar surface area (TPSA) is 58.9 Å². The number of aromatic amines is 1. The van der Waals surface area contributed by atoms with Gasteiger partial charge in [0.15, 0.2) is 0 Å². The van der Waals surface area contributed by atoms with E-state index in [4.69, 9.17) is 4.42 Å². The van der Waals surface area contributed by atoms with Gasteiger partial charge in [0.05, 0.1) is 19.4 Å². The molecule has 0 radical (unpaired) electrons. The van der Waals surface area contributed by atoms with Gasteiger partial charge in [0, 0.05) is 18.1 Å². The number of benzene rings is 1. The van der Waals surface area contributed by atoms with E-state index in [0.29, 0.717) is 16.4 Å². The molecule has 0 saturated heterocycles. The second-order valence-electron chi connectivity index (χ2n) is 6.65. The van der Waals surface area contributed by atoms with Crippen LogP contribution in [-0.4, -0.2) is 9.97 Å². The first kappa shape index (κ1) is 15.8. The molecule has 0 unspecified atom stereocenters. The largest absolute Gasteiger partial charge is 0.461 e. The summed E-state index contributed by atoms with van der Waals surface area (Å²) >= 11 is 3.03. The van der Waals surface area contributed by atoms with Crippen LogP contribution in [-0.2, 0) is 0 Å².